The van der Waals surface area contributed by atoms with Crippen LogP contribution in [-0.2, 0) is 14.6 Å². The highest BCUT2D eigenvalue weighted by Gasteiger charge is 2.32. The van der Waals surface area contributed by atoms with Gasteiger partial charge in [0.05, 0.1) is 17.9 Å². The smallest absolute Gasteiger partial charge is 0.304 e. The molecule has 0 aliphatic carbocycles. The minimum Gasteiger partial charge on any atom is -0.481 e. The van der Waals surface area contributed by atoms with Gasteiger partial charge in [-0.05, 0) is 12.1 Å². The highest BCUT2D eigenvalue weighted by molar-refractivity contribution is 7.99. The van der Waals surface area contributed by atoms with Gasteiger partial charge in [-0.2, -0.15) is 0 Å². The summed E-state index contributed by atoms with van der Waals surface area (Å²) in [6, 6.07) is 9.56. The number of benzene rings is 1. The van der Waals surface area contributed by atoms with Crippen molar-refractivity contribution in [2.75, 3.05) is 30.3 Å². The summed E-state index contributed by atoms with van der Waals surface area (Å²) in [5.74, 6) is -0.0490. The minimum absolute atomic E-state index is 0.0463. The first-order chi connectivity index (χ1) is 9.96. The molecule has 116 valence electrons. The summed E-state index contributed by atoms with van der Waals surface area (Å²) in [5, 5.41) is 8.93. The first-order valence-corrected chi connectivity index (χ1v) is 9.61. The van der Waals surface area contributed by atoms with Crippen molar-refractivity contribution >= 4 is 27.6 Å². The number of hydrogen-bond acceptors (Lipinski definition) is 5. The van der Waals surface area contributed by atoms with E-state index in [9.17, 15) is 13.2 Å². The lowest BCUT2D eigenvalue weighted by Crippen LogP contribution is -2.50. The van der Waals surface area contributed by atoms with E-state index in [1.165, 1.54) is 0 Å². The van der Waals surface area contributed by atoms with Crippen LogP contribution in [0.3, 0.4) is 0 Å². The molecule has 5 nitrogen and oxygen atoms in total. The molecule has 0 saturated carbocycles. The molecule has 1 saturated heterocycles. The van der Waals surface area contributed by atoms with Gasteiger partial charge in [0.2, 0.25) is 0 Å². The summed E-state index contributed by atoms with van der Waals surface area (Å²) < 4.78 is 23.3. The van der Waals surface area contributed by atoms with Crippen molar-refractivity contribution < 1.29 is 18.3 Å². The van der Waals surface area contributed by atoms with Crippen molar-refractivity contribution in [2.45, 2.75) is 17.4 Å². The Bertz CT molecular complexity index is 574. The van der Waals surface area contributed by atoms with Crippen molar-refractivity contribution in [3.8, 4) is 0 Å². The van der Waals surface area contributed by atoms with Gasteiger partial charge in [-0.15, -0.1) is 11.8 Å². The number of sulfone groups is 1. The number of rotatable bonds is 6. The Hall–Kier alpha value is -1.05. The van der Waals surface area contributed by atoms with Gasteiger partial charge in [0.15, 0.2) is 9.84 Å². The molecular formula is C14H19NO4S2. The molecule has 1 atom stereocenters. The lowest BCUT2D eigenvalue weighted by atomic mass is 10.2. The predicted octanol–water partition coefficient (Wildman–Crippen LogP) is 1.35. The topological polar surface area (TPSA) is 74.7 Å². The average molecular weight is 329 g/mol. The Balaban J connectivity index is 1.89. The highest BCUT2D eigenvalue weighted by atomic mass is 32.2. The van der Waals surface area contributed by atoms with Crippen molar-refractivity contribution in [3.63, 3.8) is 0 Å². The third-order valence-corrected chi connectivity index (χ3v) is 6.14. The van der Waals surface area contributed by atoms with E-state index >= 15 is 0 Å². The SMILES string of the molecule is O=C(O)CC1CS(=O)(=O)CCN1CCSc1ccccc1. The number of hydrogen-bond donors (Lipinski definition) is 1. The normalized spacial score (nSPS) is 22.0. The number of thioether (sulfide) groups is 1. The molecule has 0 spiro atoms. The van der Waals surface area contributed by atoms with Gasteiger partial charge in [0, 0.05) is 29.8 Å². The van der Waals surface area contributed by atoms with Crippen LogP contribution in [0.25, 0.3) is 0 Å². The molecule has 0 aromatic heterocycles. The quantitative estimate of drug-likeness (QED) is 0.794. The highest BCUT2D eigenvalue weighted by Crippen LogP contribution is 2.20. The molecule has 7 heteroatoms. The van der Waals surface area contributed by atoms with Crippen LogP contribution in [0.15, 0.2) is 35.2 Å². The van der Waals surface area contributed by atoms with Crippen LogP contribution in [0, 0.1) is 0 Å². The van der Waals surface area contributed by atoms with E-state index in [-0.39, 0.29) is 17.9 Å². The molecule has 1 aliphatic rings. The lowest BCUT2D eigenvalue weighted by molar-refractivity contribution is -0.138. The van der Waals surface area contributed by atoms with Crippen LogP contribution in [-0.4, -0.2) is 60.8 Å². The fourth-order valence-electron chi connectivity index (χ4n) is 2.40. The standard InChI is InChI=1S/C14H19NO4S2/c16-14(17)10-12-11-21(18,19)9-7-15(12)6-8-20-13-4-2-1-3-5-13/h1-5,12H,6-11H2,(H,16,17). The molecule has 0 radical (unpaired) electrons. The summed E-state index contributed by atoms with van der Waals surface area (Å²) in [5.41, 5.74) is 0. The molecule has 1 N–H and O–H groups in total. The summed E-state index contributed by atoms with van der Waals surface area (Å²) in [6.07, 6.45) is -0.116. The molecule has 0 bridgehead atoms. The summed E-state index contributed by atoms with van der Waals surface area (Å²) in [7, 11) is -3.10. The van der Waals surface area contributed by atoms with Crippen LogP contribution in [0.2, 0.25) is 0 Å². The van der Waals surface area contributed by atoms with E-state index in [1.807, 2.05) is 35.2 Å². The van der Waals surface area contributed by atoms with Crippen molar-refractivity contribution in [1.29, 1.82) is 0 Å². The van der Waals surface area contributed by atoms with Crippen molar-refractivity contribution in [1.82, 2.24) is 4.90 Å². The maximum Gasteiger partial charge on any atom is 0.304 e. The van der Waals surface area contributed by atoms with Gasteiger partial charge in [-0.1, -0.05) is 18.2 Å². The Kier molecular flexibility index (Phi) is 5.66. The molecule has 21 heavy (non-hydrogen) atoms. The van der Waals surface area contributed by atoms with Crippen LogP contribution < -0.4 is 0 Å². The summed E-state index contributed by atoms with van der Waals surface area (Å²) in [6.45, 7) is 1.13. The Labute approximate surface area is 129 Å². The van der Waals surface area contributed by atoms with Gasteiger partial charge in [0.25, 0.3) is 0 Å². The van der Waals surface area contributed by atoms with Crippen molar-refractivity contribution in [2.24, 2.45) is 0 Å². The van der Waals surface area contributed by atoms with Gasteiger partial charge in [0.1, 0.15) is 0 Å². The third kappa shape index (κ3) is 5.33. The maximum atomic E-state index is 11.7. The van der Waals surface area contributed by atoms with Gasteiger partial charge in [-0.3, -0.25) is 9.69 Å². The van der Waals surface area contributed by atoms with E-state index in [1.54, 1.807) is 11.8 Å². The van der Waals surface area contributed by atoms with E-state index in [0.29, 0.717) is 13.1 Å². The summed E-state index contributed by atoms with van der Waals surface area (Å²) >= 11 is 1.70. The Morgan fingerprint density at radius 3 is 2.71 bits per heavy atom. The summed E-state index contributed by atoms with van der Waals surface area (Å²) in [4.78, 5) is 14.0. The van der Waals surface area contributed by atoms with Crippen LogP contribution in [0.4, 0.5) is 0 Å². The molecule has 1 aromatic carbocycles. The zero-order valence-electron chi connectivity index (χ0n) is 11.6. The molecular weight excluding hydrogens is 310 g/mol. The van der Waals surface area contributed by atoms with E-state index in [2.05, 4.69) is 0 Å². The fourth-order valence-corrected chi connectivity index (χ4v) is 4.91. The van der Waals surface area contributed by atoms with Crippen LogP contribution >= 0.6 is 11.8 Å². The fraction of sp³-hybridized carbons (Fsp3) is 0.500. The Morgan fingerprint density at radius 1 is 1.33 bits per heavy atom. The zero-order chi connectivity index (χ0) is 15.3. The first-order valence-electron chi connectivity index (χ1n) is 6.80. The maximum absolute atomic E-state index is 11.7. The molecule has 1 aromatic rings. The van der Waals surface area contributed by atoms with Crippen LogP contribution in [0.1, 0.15) is 6.42 Å². The second-order valence-corrected chi connectivity index (χ2v) is 8.46. The zero-order valence-corrected chi connectivity index (χ0v) is 13.3. The second-order valence-electron chi connectivity index (χ2n) is 5.06. The second kappa shape index (κ2) is 7.29. The lowest BCUT2D eigenvalue weighted by Gasteiger charge is -2.34. The van der Waals surface area contributed by atoms with E-state index < -0.39 is 21.8 Å². The van der Waals surface area contributed by atoms with Gasteiger partial charge >= 0.3 is 5.97 Å². The number of aliphatic carboxylic acids is 1. The molecule has 1 unspecified atom stereocenters. The monoisotopic (exact) mass is 329 g/mol. The Morgan fingerprint density at radius 2 is 2.05 bits per heavy atom. The molecule has 0 amide bonds. The van der Waals surface area contributed by atoms with E-state index in [4.69, 9.17) is 5.11 Å². The third-order valence-electron chi connectivity index (χ3n) is 3.45. The van der Waals surface area contributed by atoms with E-state index in [0.717, 1.165) is 10.6 Å². The first kappa shape index (κ1) is 16.3. The largest absolute Gasteiger partial charge is 0.481 e. The average Bonchev–Trinajstić information content (AvgIpc) is 2.41. The number of carbonyl (C=O) groups is 1. The van der Waals surface area contributed by atoms with Crippen LogP contribution in [0.5, 0.6) is 0 Å². The number of carboxylic acid groups (broad SMARTS) is 1. The predicted molar refractivity (Wildman–Crippen MR) is 83.4 cm³/mol. The molecule has 1 aliphatic heterocycles. The molecule has 1 fully saturated rings. The van der Waals surface area contributed by atoms with Gasteiger partial charge in [-0.25, -0.2) is 8.42 Å². The number of nitrogens with zero attached hydrogens (tertiary/aromatic N) is 1. The molecule has 2 rings (SSSR count). The number of carboxylic acids is 1. The molecule has 1 heterocycles. The minimum atomic E-state index is -3.10. The van der Waals surface area contributed by atoms with Crippen molar-refractivity contribution in [3.05, 3.63) is 30.3 Å². The van der Waals surface area contributed by atoms with Gasteiger partial charge < -0.3 is 5.11 Å².